The van der Waals surface area contributed by atoms with E-state index in [1.807, 2.05) is 12.1 Å². The fourth-order valence-corrected chi connectivity index (χ4v) is 5.26. The summed E-state index contributed by atoms with van der Waals surface area (Å²) in [6.45, 7) is 4.41. The maximum absolute atomic E-state index is 5.51. The fraction of sp³-hybridized carbons (Fsp3) is 0.632. The normalized spacial score (nSPS) is 20.2. The highest BCUT2D eigenvalue weighted by Crippen LogP contribution is 2.40. The molecule has 1 aromatic carbocycles. The molecule has 25 heavy (non-hydrogen) atoms. The Morgan fingerprint density at radius 1 is 0.960 bits per heavy atom. The van der Waals surface area contributed by atoms with Crippen LogP contribution in [0.25, 0.3) is 10.2 Å². The van der Waals surface area contributed by atoms with Gasteiger partial charge in [0.1, 0.15) is 21.7 Å². The van der Waals surface area contributed by atoms with E-state index in [2.05, 4.69) is 9.80 Å². The van der Waals surface area contributed by atoms with Gasteiger partial charge < -0.3 is 14.4 Å². The fourth-order valence-electron chi connectivity index (χ4n) is 4.13. The maximum Gasteiger partial charge on any atom is 0.186 e. The van der Waals surface area contributed by atoms with E-state index in [-0.39, 0.29) is 0 Å². The van der Waals surface area contributed by atoms with Gasteiger partial charge in [-0.05, 0) is 25.0 Å². The Balaban J connectivity index is 1.51. The molecule has 5 nitrogen and oxygen atoms in total. The van der Waals surface area contributed by atoms with Crippen molar-refractivity contribution in [2.75, 3.05) is 45.3 Å². The van der Waals surface area contributed by atoms with Crippen molar-refractivity contribution in [3.63, 3.8) is 0 Å². The number of anilines is 1. The van der Waals surface area contributed by atoms with Gasteiger partial charge in [0.15, 0.2) is 5.13 Å². The largest absolute Gasteiger partial charge is 0.495 e. The second kappa shape index (κ2) is 7.38. The van der Waals surface area contributed by atoms with Gasteiger partial charge in [0.2, 0.25) is 0 Å². The third-order valence-corrected chi connectivity index (χ3v) is 6.71. The van der Waals surface area contributed by atoms with Crippen LogP contribution in [0.15, 0.2) is 12.1 Å². The van der Waals surface area contributed by atoms with Gasteiger partial charge in [0, 0.05) is 32.2 Å². The first-order valence-corrected chi connectivity index (χ1v) is 10.1. The van der Waals surface area contributed by atoms with Crippen LogP contribution < -0.4 is 14.4 Å². The predicted molar refractivity (Wildman–Crippen MR) is 103 cm³/mol. The quantitative estimate of drug-likeness (QED) is 0.829. The average molecular weight is 362 g/mol. The highest BCUT2D eigenvalue weighted by molar-refractivity contribution is 7.22. The smallest absolute Gasteiger partial charge is 0.186 e. The third kappa shape index (κ3) is 3.29. The molecule has 0 atom stereocenters. The van der Waals surface area contributed by atoms with Crippen molar-refractivity contribution < 1.29 is 9.47 Å². The van der Waals surface area contributed by atoms with E-state index < -0.39 is 0 Å². The standard InChI is InChI=1S/C19H27N3O2S/c1-23-15-8-9-16(24-2)18-17(15)20-19(25-18)22-12-10-21(11-13-22)14-6-4-3-5-7-14/h8-9,14H,3-7,10-13H2,1-2H3. The number of ether oxygens (including phenoxy) is 2. The highest BCUT2D eigenvalue weighted by atomic mass is 32.1. The van der Waals surface area contributed by atoms with Crippen LogP contribution in [0.4, 0.5) is 5.13 Å². The molecule has 2 aromatic rings. The van der Waals surface area contributed by atoms with Crippen LogP contribution in [0.3, 0.4) is 0 Å². The molecule has 1 aliphatic carbocycles. The number of nitrogens with zero attached hydrogens (tertiary/aromatic N) is 3. The van der Waals surface area contributed by atoms with E-state index in [4.69, 9.17) is 14.5 Å². The molecule has 1 saturated carbocycles. The summed E-state index contributed by atoms with van der Waals surface area (Å²) < 4.78 is 12.1. The lowest BCUT2D eigenvalue weighted by Gasteiger charge is -2.40. The first-order chi connectivity index (χ1) is 12.3. The summed E-state index contributed by atoms with van der Waals surface area (Å²) in [6.07, 6.45) is 7.00. The van der Waals surface area contributed by atoms with Crippen LogP contribution in [0, 0.1) is 0 Å². The number of rotatable bonds is 4. The van der Waals surface area contributed by atoms with E-state index in [9.17, 15) is 0 Å². The number of hydrogen-bond donors (Lipinski definition) is 0. The molecular weight excluding hydrogens is 334 g/mol. The molecule has 0 bridgehead atoms. The Kier molecular flexibility index (Phi) is 4.99. The van der Waals surface area contributed by atoms with E-state index in [1.54, 1.807) is 25.6 Å². The summed E-state index contributed by atoms with van der Waals surface area (Å²) in [5, 5.41) is 1.08. The summed E-state index contributed by atoms with van der Waals surface area (Å²) >= 11 is 1.71. The number of methoxy groups -OCH3 is 2. The SMILES string of the molecule is COc1ccc(OC)c2sc(N3CCN(C4CCCCC4)CC3)nc12. The lowest BCUT2D eigenvalue weighted by Crippen LogP contribution is -2.50. The van der Waals surface area contributed by atoms with Gasteiger partial charge in [-0.15, -0.1) is 0 Å². The Bertz CT molecular complexity index is 678. The molecule has 0 radical (unpaired) electrons. The molecule has 2 aliphatic rings. The number of thiazole rings is 1. The van der Waals surface area contributed by atoms with Gasteiger partial charge in [-0.3, -0.25) is 4.90 Å². The van der Waals surface area contributed by atoms with Crippen LogP contribution in [0.1, 0.15) is 32.1 Å². The van der Waals surface area contributed by atoms with E-state index in [0.717, 1.165) is 59.1 Å². The van der Waals surface area contributed by atoms with Gasteiger partial charge in [-0.2, -0.15) is 0 Å². The molecule has 0 spiro atoms. The first kappa shape index (κ1) is 16.9. The molecular formula is C19H27N3O2S. The van der Waals surface area contributed by atoms with Crippen LogP contribution in [0.2, 0.25) is 0 Å². The Labute approximate surface area is 153 Å². The highest BCUT2D eigenvalue weighted by Gasteiger charge is 2.27. The van der Waals surface area contributed by atoms with E-state index >= 15 is 0 Å². The summed E-state index contributed by atoms with van der Waals surface area (Å²) in [5.74, 6) is 1.69. The Morgan fingerprint density at radius 3 is 2.32 bits per heavy atom. The number of hydrogen-bond acceptors (Lipinski definition) is 6. The number of fused-ring (bicyclic) bond motifs is 1. The molecule has 2 heterocycles. The van der Waals surface area contributed by atoms with Gasteiger partial charge in [-0.1, -0.05) is 30.6 Å². The molecule has 1 aliphatic heterocycles. The van der Waals surface area contributed by atoms with E-state index in [0.29, 0.717) is 0 Å². The average Bonchev–Trinajstić information content (AvgIpc) is 3.13. The van der Waals surface area contributed by atoms with Gasteiger partial charge in [0.05, 0.1) is 14.2 Å². The van der Waals surface area contributed by atoms with Crippen LogP contribution in [0.5, 0.6) is 11.5 Å². The van der Waals surface area contributed by atoms with Gasteiger partial charge in [0.25, 0.3) is 0 Å². The molecule has 0 amide bonds. The van der Waals surface area contributed by atoms with Crippen molar-refractivity contribution in [1.82, 2.24) is 9.88 Å². The van der Waals surface area contributed by atoms with Crippen LogP contribution in [-0.4, -0.2) is 56.3 Å². The van der Waals surface area contributed by atoms with Crippen molar-refractivity contribution in [3.05, 3.63) is 12.1 Å². The Morgan fingerprint density at radius 2 is 1.64 bits per heavy atom. The minimum absolute atomic E-state index is 0.812. The topological polar surface area (TPSA) is 37.8 Å². The minimum Gasteiger partial charge on any atom is -0.495 e. The predicted octanol–water partition coefficient (Wildman–Crippen LogP) is 3.77. The summed E-state index contributed by atoms with van der Waals surface area (Å²) in [4.78, 5) is 9.99. The number of aromatic nitrogens is 1. The zero-order chi connectivity index (χ0) is 17.2. The molecule has 1 saturated heterocycles. The third-order valence-electron chi connectivity index (χ3n) is 5.57. The minimum atomic E-state index is 0.812. The van der Waals surface area contributed by atoms with Crippen molar-refractivity contribution in [3.8, 4) is 11.5 Å². The Hall–Kier alpha value is -1.53. The van der Waals surface area contributed by atoms with Crippen molar-refractivity contribution in [1.29, 1.82) is 0 Å². The zero-order valence-electron chi connectivity index (χ0n) is 15.2. The molecule has 0 N–H and O–H groups in total. The molecule has 136 valence electrons. The second-order valence-corrected chi connectivity index (χ2v) is 7.94. The van der Waals surface area contributed by atoms with Gasteiger partial charge in [-0.25, -0.2) is 4.98 Å². The molecule has 4 rings (SSSR count). The summed E-state index contributed by atoms with van der Waals surface area (Å²) in [5.41, 5.74) is 0.913. The maximum atomic E-state index is 5.51. The van der Waals surface area contributed by atoms with Crippen molar-refractivity contribution >= 4 is 26.7 Å². The monoisotopic (exact) mass is 361 g/mol. The van der Waals surface area contributed by atoms with Crippen molar-refractivity contribution in [2.45, 2.75) is 38.1 Å². The summed E-state index contributed by atoms with van der Waals surface area (Å²) in [6, 6.07) is 4.71. The lowest BCUT2D eigenvalue weighted by atomic mass is 9.94. The summed E-state index contributed by atoms with van der Waals surface area (Å²) in [7, 11) is 3.41. The molecule has 1 aromatic heterocycles. The number of benzene rings is 1. The first-order valence-electron chi connectivity index (χ1n) is 9.30. The molecule has 6 heteroatoms. The van der Waals surface area contributed by atoms with E-state index in [1.165, 1.54) is 32.1 Å². The zero-order valence-corrected chi connectivity index (χ0v) is 16.0. The van der Waals surface area contributed by atoms with Gasteiger partial charge >= 0.3 is 0 Å². The molecule has 0 unspecified atom stereocenters. The van der Waals surface area contributed by atoms with Crippen molar-refractivity contribution in [2.24, 2.45) is 0 Å². The van der Waals surface area contributed by atoms with Crippen LogP contribution in [-0.2, 0) is 0 Å². The number of piperazine rings is 1. The van der Waals surface area contributed by atoms with Crippen LogP contribution >= 0.6 is 11.3 Å². The lowest BCUT2D eigenvalue weighted by molar-refractivity contribution is 0.148. The molecule has 2 fully saturated rings. The second-order valence-electron chi connectivity index (χ2n) is 6.96.